The molecule has 0 radical (unpaired) electrons. The van der Waals surface area contributed by atoms with Crippen LogP contribution in [0.5, 0.6) is 11.5 Å². The van der Waals surface area contributed by atoms with Gasteiger partial charge >= 0.3 is 0 Å². The Kier molecular flexibility index (Phi) is 4.96. The largest absolute Gasteiger partial charge is 0.508 e. The van der Waals surface area contributed by atoms with Crippen molar-refractivity contribution in [1.82, 2.24) is 5.32 Å². The summed E-state index contributed by atoms with van der Waals surface area (Å²) in [5.74, 6) is 0.624. The minimum absolute atomic E-state index is 0.225. The van der Waals surface area contributed by atoms with E-state index < -0.39 is 0 Å². The van der Waals surface area contributed by atoms with Gasteiger partial charge < -0.3 is 15.2 Å². The highest BCUT2D eigenvalue weighted by molar-refractivity contribution is 5.34. The van der Waals surface area contributed by atoms with E-state index >= 15 is 0 Å². The van der Waals surface area contributed by atoms with Gasteiger partial charge in [-0.2, -0.15) is 0 Å². The Morgan fingerprint density at radius 2 is 1.90 bits per heavy atom. The zero-order chi connectivity index (χ0) is 14.4. The van der Waals surface area contributed by atoms with E-state index in [1.54, 1.807) is 30.3 Å². The second-order valence-electron chi connectivity index (χ2n) is 4.49. The highest BCUT2D eigenvalue weighted by atomic mass is 19.1. The van der Waals surface area contributed by atoms with Crippen LogP contribution in [0.25, 0.3) is 0 Å². The van der Waals surface area contributed by atoms with Crippen LogP contribution in [0.2, 0.25) is 0 Å². The lowest BCUT2D eigenvalue weighted by atomic mass is 10.2. The number of nitrogens with one attached hydrogen (secondary N) is 1. The Labute approximate surface area is 118 Å². The fraction of sp³-hybridized carbons (Fsp3) is 0.250. The van der Waals surface area contributed by atoms with E-state index in [2.05, 4.69) is 5.32 Å². The lowest BCUT2D eigenvalue weighted by Gasteiger charge is -2.12. The molecule has 2 rings (SSSR count). The standard InChI is InChI=1S/C16H18FNO2/c1-2-18-10-13-9-14(17)5-8-16(13)20-11-12-3-6-15(19)7-4-12/h3-9,18-19H,2,10-11H2,1H3. The third-order valence-electron chi connectivity index (χ3n) is 2.92. The highest BCUT2D eigenvalue weighted by Gasteiger charge is 2.05. The van der Waals surface area contributed by atoms with E-state index in [4.69, 9.17) is 4.74 Å². The minimum atomic E-state index is -0.269. The summed E-state index contributed by atoms with van der Waals surface area (Å²) in [5.41, 5.74) is 1.74. The summed E-state index contributed by atoms with van der Waals surface area (Å²) in [6.45, 7) is 3.76. The molecule has 2 N–H and O–H groups in total. The molecule has 0 aliphatic heterocycles. The number of benzene rings is 2. The van der Waals surface area contributed by atoms with Gasteiger partial charge in [-0.3, -0.25) is 0 Å². The van der Waals surface area contributed by atoms with Gasteiger partial charge in [-0.15, -0.1) is 0 Å². The molecule has 2 aromatic carbocycles. The number of phenolic OH excluding ortho intramolecular Hbond substituents is 1. The maximum absolute atomic E-state index is 13.3. The lowest BCUT2D eigenvalue weighted by molar-refractivity contribution is 0.301. The molecule has 106 valence electrons. The molecule has 0 fully saturated rings. The van der Waals surface area contributed by atoms with Crippen LogP contribution in [0.1, 0.15) is 18.1 Å². The Bertz CT molecular complexity index is 555. The molecule has 0 amide bonds. The van der Waals surface area contributed by atoms with Gasteiger partial charge in [0.15, 0.2) is 0 Å². The summed E-state index contributed by atoms with van der Waals surface area (Å²) in [5, 5.41) is 12.4. The van der Waals surface area contributed by atoms with Crippen LogP contribution in [0.3, 0.4) is 0 Å². The van der Waals surface area contributed by atoms with Crippen molar-refractivity contribution in [2.75, 3.05) is 6.54 Å². The van der Waals surface area contributed by atoms with Crippen LogP contribution in [0.15, 0.2) is 42.5 Å². The van der Waals surface area contributed by atoms with Crippen LogP contribution in [0.4, 0.5) is 4.39 Å². The molecular formula is C16H18FNO2. The number of phenols is 1. The normalized spacial score (nSPS) is 10.5. The van der Waals surface area contributed by atoms with Crippen molar-refractivity contribution in [1.29, 1.82) is 0 Å². The molecule has 0 saturated heterocycles. The Morgan fingerprint density at radius 3 is 2.60 bits per heavy atom. The summed E-state index contributed by atoms with van der Waals surface area (Å²) in [6.07, 6.45) is 0. The van der Waals surface area contributed by atoms with Gasteiger partial charge in [-0.1, -0.05) is 19.1 Å². The average molecular weight is 275 g/mol. The quantitative estimate of drug-likeness (QED) is 0.850. The van der Waals surface area contributed by atoms with Gasteiger partial charge in [0.2, 0.25) is 0 Å². The molecule has 0 spiro atoms. The first kappa shape index (κ1) is 14.3. The number of hydrogen-bond acceptors (Lipinski definition) is 3. The van der Waals surface area contributed by atoms with Crippen LogP contribution >= 0.6 is 0 Å². The Morgan fingerprint density at radius 1 is 1.15 bits per heavy atom. The molecular weight excluding hydrogens is 257 g/mol. The second kappa shape index (κ2) is 6.91. The lowest BCUT2D eigenvalue weighted by Crippen LogP contribution is -2.13. The SMILES string of the molecule is CCNCc1cc(F)ccc1OCc1ccc(O)cc1. The fourth-order valence-corrected chi connectivity index (χ4v) is 1.84. The molecule has 4 heteroatoms. The first-order chi connectivity index (χ1) is 9.69. The number of halogens is 1. The van der Waals surface area contributed by atoms with Crippen molar-refractivity contribution in [3.63, 3.8) is 0 Å². The number of hydrogen-bond donors (Lipinski definition) is 2. The van der Waals surface area contributed by atoms with Crippen LogP contribution in [-0.2, 0) is 13.2 Å². The van der Waals surface area contributed by atoms with Gasteiger partial charge in [0.05, 0.1) is 0 Å². The third-order valence-corrected chi connectivity index (χ3v) is 2.92. The minimum Gasteiger partial charge on any atom is -0.508 e. The number of aromatic hydroxyl groups is 1. The number of rotatable bonds is 6. The van der Waals surface area contributed by atoms with Crippen molar-refractivity contribution < 1.29 is 14.2 Å². The van der Waals surface area contributed by atoms with Gasteiger partial charge in [-0.25, -0.2) is 4.39 Å². The molecule has 0 heterocycles. The molecule has 20 heavy (non-hydrogen) atoms. The van der Waals surface area contributed by atoms with Crippen LogP contribution in [0, 0.1) is 5.82 Å². The summed E-state index contributed by atoms with van der Waals surface area (Å²) >= 11 is 0. The molecule has 0 saturated carbocycles. The average Bonchev–Trinajstić information content (AvgIpc) is 2.46. The van der Waals surface area contributed by atoms with E-state index in [-0.39, 0.29) is 11.6 Å². The molecule has 2 aromatic rings. The van der Waals surface area contributed by atoms with Gasteiger partial charge in [0.1, 0.15) is 23.9 Å². The summed E-state index contributed by atoms with van der Waals surface area (Å²) in [4.78, 5) is 0. The van der Waals surface area contributed by atoms with Crippen LogP contribution < -0.4 is 10.1 Å². The maximum atomic E-state index is 13.3. The predicted octanol–water partition coefficient (Wildman–Crippen LogP) is 3.22. The molecule has 0 aliphatic carbocycles. The zero-order valence-electron chi connectivity index (χ0n) is 11.4. The topological polar surface area (TPSA) is 41.5 Å². The summed E-state index contributed by atoms with van der Waals surface area (Å²) in [6, 6.07) is 11.3. The van der Waals surface area contributed by atoms with Crippen molar-refractivity contribution >= 4 is 0 Å². The maximum Gasteiger partial charge on any atom is 0.124 e. The van der Waals surface area contributed by atoms with Crippen LogP contribution in [-0.4, -0.2) is 11.7 Å². The molecule has 0 bridgehead atoms. The summed E-state index contributed by atoms with van der Waals surface area (Å²) in [7, 11) is 0. The smallest absolute Gasteiger partial charge is 0.124 e. The van der Waals surface area contributed by atoms with Gasteiger partial charge in [-0.05, 0) is 42.4 Å². The van der Waals surface area contributed by atoms with E-state index in [1.165, 1.54) is 12.1 Å². The van der Waals surface area contributed by atoms with E-state index in [1.807, 2.05) is 6.92 Å². The molecule has 3 nitrogen and oxygen atoms in total. The molecule has 0 atom stereocenters. The van der Waals surface area contributed by atoms with Crippen molar-refractivity contribution in [3.05, 3.63) is 59.4 Å². The van der Waals surface area contributed by atoms with E-state index in [0.717, 1.165) is 17.7 Å². The van der Waals surface area contributed by atoms with E-state index in [9.17, 15) is 9.50 Å². The predicted molar refractivity (Wildman–Crippen MR) is 76.2 cm³/mol. The number of ether oxygens (including phenoxy) is 1. The fourth-order valence-electron chi connectivity index (χ4n) is 1.84. The molecule has 0 aromatic heterocycles. The first-order valence-electron chi connectivity index (χ1n) is 6.59. The molecule has 0 unspecified atom stereocenters. The van der Waals surface area contributed by atoms with Crippen molar-refractivity contribution in [2.24, 2.45) is 0 Å². The van der Waals surface area contributed by atoms with E-state index in [0.29, 0.717) is 18.9 Å². The highest BCUT2D eigenvalue weighted by Crippen LogP contribution is 2.21. The first-order valence-corrected chi connectivity index (χ1v) is 6.59. The second-order valence-corrected chi connectivity index (χ2v) is 4.49. The monoisotopic (exact) mass is 275 g/mol. The molecule has 0 aliphatic rings. The Hall–Kier alpha value is -2.07. The van der Waals surface area contributed by atoms with Crippen molar-refractivity contribution in [2.45, 2.75) is 20.1 Å². The zero-order valence-corrected chi connectivity index (χ0v) is 11.4. The summed E-state index contributed by atoms with van der Waals surface area (Å²) < 4.78 is 19.0. The third kappa shape index (κ3) is 3.96. The van der Waals surface area contributed by atoms with Gasteiger partial charge in [0.25, 0.3) is 0 Å². The Balaban J connectivity index is 2.06. The van der Waals surface area contributed by atoms with Crippen molar-refractivity contribution in [3.8, 4) is 11.5 Å². The van der Waals surface area contributed by atoms with Gasteiger partial charge in [0, 0.05) is 12.1 Å².